The summed E-state index contributed by atoms with van der Waals surface area (Å²) < 4.78 is 8.59. The van der Waals surface area contributed by atoms with Crippen molar-refractivity contribution in [2.24, 2.45) is 0 Å². The first-order valence-corrected chi connectivity index (χ1v) is 14.7. The minimum absolute atomic E-state index is 0.0958. The van der Waals surface area contributed by atoms with Crippen molar-refractivity contribution in [3.63, 3.8) is 0 Å². The molecule has 0 spiro atoms. The third-order valence-electron chi connectivity index (χ3n) is 8.18. The Bertz CT molecular complexity index is 1750. The van der Waals surface area contributed by atoms with Crippen LogP contribution in [0.5, 0.6) is 11.5 Å². The molecule has 5 aromatic rings. The summed E-state index contributed by atoms with van der Waals surface area (Å²) in [5.74, 6) is 1.64. The van der Waals surface area contributed by atoms with Gasteiger partial charge in [0.1, 0.15) is 11.5 Å². The summed E-state index contributed by atoms with van der Waals surface area (Å²) in [6.07, 6.45) is 1.85. The number of anilines is 1. The van der Waals surface area contributed by atoms with Crippen molar-refractivity contribution in [1.82, 2.24) is 14.9 Å². The molecule has 1 fully saturated rings. The van der Waals surface area contributed by atoms with Crippen LogP contribution in [0.2, 0.25) is 0 Å². The number of benzene rings is 3. The van der Waals surface area contributed by atoms with Gasteiger partial charge in [-0.25, -0.2) is 0 Å². The van der Waals surface area contributed by atoms with Crippen LogP contribution < -0.4 is 15.0 Å². The number of hydrogen-bond acceptors (Lipinski definition) is 3. The molecule has 2 atom stereocenters. The largest absolute Gasteiger partial charge is 0.457 e. The van der Waals surface area contributed by atoms with Crippen LogP contribution >= 0.6 is 12.2 Å². The lowest BCUT2D eigenvalue weighted by Crippen LogP contribution is -2.29. The van der Waals surface area contributed by atoms with Gasteiger partial charge in [-0.1, -0.05) is 42.0 Å². The summed E-state index contributed by atoms with van der Waals surface area (Å²) in [6, 6.07) is 28.9. The van der Waals surface area contributed by atoms with Crippen molar-refractivity contribution in [1.29, 1.82) is 0 Å². The smallest absolute Gasteiger partial charge is 0.174 e. The topological polar surface area (TPSA) is 42.3 Å². The highest BCUT2D eigenvalue weighted by Crippen LogP contribution is 2.44. The normalized spacial score (nSPS) is 16.5. The number of hydrogen-bond donors (Lipinski definition) is 1. The molecule has 42 heavy (non-hydrogen) atoms. The quantitative estimate of drug-likeness (QED) is 0.206. The first kappa shape index (κ1) is 27.7. The van der Waals surface area contributed by atoms with Crippen LogP contribution in [-0.2, 0) is 0 Å². The Balaban J connectivity index is 1.44. The molecule has 3 heterocycles. The molecule has 212 valence electrons. The van der Waals surface area contributed by atoms with E-state index in [-0.39, 0.29) is 12.1 Å². The average Bonchev–Trinajstić information content (AvgIpc) is 3.45. The molecule has 0 bridgehead atoms. The molecule has 0 saturated carbocycles. The fourth-order valence-electron chi connectivity index (χ4n) is 6.38. The SMILES string of the molecule is Cc1cc(C)c(-n2c(C)cc([C@H]3[C@@H](c4ccccn4)NC(=S)N3c3ccc(Oc4ccccc4C)cc3)c2C)c(C)c1. The number of nitrogens with zero attached hydrogens (tertiary/aromatic N) is 3. The van der Waals surface area contributed by atoms with E-state index in [0.29, 0.717) is 5.11 Å². The van der Waals surface area contributed by atoms with Gasteiger partial charge in [0.2, 0.25) is 0 Å². The highest BCUT2D eigenvalue weighted by Gasteiger charge is 2.42. The molecule has 5 nitrogen and oxygen atoms in total. The summed E-state index contributed by atoms with van der Waals surface area (Å²) in [5.41, 5.74) is 11.7. The van der Waals surface area contributed by atoms with E-state index in [4.69, 9.17) is 21.9 Å². The average molecular weight is 573 g/mol. The number of ether oxygens (including phenoxy) is 1. The third kappa shape index (κ3) is 4.96. The summed E-state index contributed by atoms with van der Waals surface area (Å²) in [6.45, 7) is 13.0. The van der Waals surface area contributed by atoms with E-state index in [1.54, 1.807) is 0 Å². The number of para-hydroxylation sites is 1. The van der Waals surface area contributed by atoms with Crippen LogP contribution in [0.25, 0.3) is 5.69 Å². The zero-order chi connectivity index (χ0) is 29.5. The lowest BCUT2D eigenvalue weighted by atomic mass is 9.96. The van der Waals surface area contributed by atoms with Crippen LogP contribution in [-0.4, -0.2) is 14.7 Å². The summed E-state index contributed by atoms with van der Waals surface area (Å²) in [7, 11) is 0. The molecule has 2 aromatic heterocycles. The maximum atomic E-state index is 6.19. The van der Waals surface area contributed by atoms with Gasteiger partial charge < -0.3 is 19.5 Å². The Hall–Kier alpha value is -4.42. The van der Waals surface area contributed by atoms with Gasteiger partial charge >= 0.3 is 0 Å². The minimum Gasteiger partial charge on any atom is -0.457 e. The maximum Gasteiger partial charge on any atom is 0.174 e. The van der Waals surface area contributed by atoms with Crippen molar-refractivity contribution in [2.75, 3.05) is 4.90 Å². The molecule has 0 radical (unpaired) electrons. The number of aromatic nitrogens is 2. The van der Waals surface area contributed by atoms with Crippen molar-refractivity contribution < 1.29 is 4.74 Å². The molecule has 1 N–H and O–H groups in total. The monoisotopic (exact) mass is 572 g/mol. The Kier molecular flexibility index (Phi) is 7.33. The van der Waals surface area contributed by atoms with Crippen LogP contribution in [0.15, 0.2) is 91.1 Å². The molecule has 1 aliphatic heterocycles. The van der Waals surface area contributed by atoms with Gasteiger partial charge in [0.05, 0.1) is 23.5 Å². The molecule has 0 aliphatic carbocycles. The maximum absolute atomic E-state index is 6.19. The summed E-state index contributed by atoms with van der Waals surface area (Å²) >= 11 is 6.01. The lowest BCUT2D eigenvalue weighted by molar-refractivity contribution is 0.479. The van der Waals surface area contributed by atoms with Gasteiger partial charge in [-0.05, 0) is 125 Å². The zero-order valence-electron chi connectivity index (χ0n) is 25.0. The molecule has 0 unspecified atom stereocenters. The summed E-state index contributed by atoms with van der Waals surface area (Å²) in [4.78, 5) is 6.98. The van der Waals surface area contributed by atoms with Gasteiger partial charge in [0.15, 0.2) is 5.11 Å². The lowest BCUT2D eigenvalue weighted by Gasteiger charge is -2.28. The number of pyridine rings is 1. The Morgan fingerprint density at radius 2 is 1.48 bits per heavy atom. The van der Waals surface area contributed by atoms with E-state index in [9.17, 15) is 0 Å². The number of thiocarbonyl (C=S) groups is 1. The molecule has 0 amide bonds. The highest BCUT2D eigenvalue weighted by molar-refractivity contribution is 7.80. The van der Waals surface area contributed by atoms with E-state index in [2.05, 4.69) is 98.8 Å². The predicted molar refractivity (Wildman–Crippen MR) is 175 cm³/mol. The van der Waals surface area contributed by atoms with Crippen molar-refractivity contribution >= 4 is 23.0 Å². The summed E-state index contributed by atoms with van der Waals surface area (Å²) in [5, 5.41) is 4.29. The zero-order valence-corrected chi connectivity index (χ0v) is 25.8. The van der Waals surface area contributed by atoms with Crippen LogP contribution in [0.3, 0.4) is 0 Å². The standard InChI is InChI=1S/C36H36N4OS/c1-22-19-24(3)34(25(4)20-22)39-26(5)21-30(27(39)6)35-33(31-12-9-10-18-37-31)38-36(42)40(35)28-14-16-29(17-15-28)41-32-13-8-7-11-23(32)2/h7-21,33,35H,1-6H3,(H,38,42)/t33-,35+/m1/s1. The second kappa shape index (κ2) is 11.1. The molecule has 3 aromatic carbocycles. The van der Waals surface area contributed by atoms with Crippen molar-refractivity contribution in [3.8, 4) is 17.2 Å². The first-order valence-electron chi connectivity index (χ1n) is 14.3. The van der Waals surface area contributed by atoms with Gasteiger partial charge in [0.25, 0.3) is 0 Å². The highest BCUT2D eigenvalue weighted by atomic mass is 32.1. The second-order valence-electron chi connectivity index (χ2n) is 11.3. The molecular formula is C36H36N4OS. The first-order chi connectivity index (χ1) is 20.2. The predicted octanol–water partition coefficient (Wildman–Crippen LogP) is 8.69. The van der Waals surface area contributed by atoms with E-state index in [1.807, 2.05) is 48.7 Å². The molecule has 1 aliphatic rings. The van der Waals surface area contributed by atoms with Crippen LogP contribution in [0.1, 0.15) is 57.0 Å². The van der Waals surface area contributed by atoms with E-state index in [1.165, 1.54) is 39.3 Å². The van der Waals surface area contributed by atoms with Crippen LogP contribution in [0.4, 0.5) is 5.69 Å². The van der Waals surface area contributed by atoms with E-state index in [0.717, 1.165) is 28.4 Å². The number of nitrogens with one attached hydrogen (secondary N) is 1. The molecular weight excluding hydrogens is 536 g/mol. The fourth-order valence-corrected chi connectivity index (χ4v) is 6.72. The minimum atomic E-state index is -0.115. The van der Waals surface area contributed by atoms with Gasteiger partial charge in [0, 0.05) is 23.3 Å². The Labute approximate surface area is 253 Å². The van der Waals surface area contributed by atoms with E-state index >= 15 is 0 Å². The van der Waals surface area contributed by atoms with Crippen molar-refractivity contribution in [3.05, 3.63) is 136 Å². The Morgan fingerprint density at radius 1 is 0.786 bits per heavy atom. The molecule has 6 heteroatoms. The molecule has 6 rings (SSSR count). The second-order valence-corrected chi connectivity index (χ2v) is 11.7. The van der Waals surface area contributed by atoms with Gasteiger partial charge in [-0.2, -0.15) is 0 Å². The number of rotatable bonds is 6. The third-order valence-corrected chi connectivity index (χ3v) is 8.50. The van der Waals surface area contributed by atoms with E-state index < -0.39 is 0 Å². The van der Waals surface area contributed by atoms with Crippen LogP contribution in [0, 0.1) is 41.5 Å². The molecule has 1 saturated heterocycles. The fraction of sp³-hybridized carbons (Fsp3) is 0.222. The Morgan fingerprint density at radius 3 is 2.14 bits per heavy atom. The van der Waals surface area contributed by atoms with Crippen molar-refractivity contribution in [2.45, 2.75) is 53.6 Å². The van der Waals surface area contributed by atoms with Gasteiger partial charge in [-0.3, -0.25) is 4.98 Å². The van der Waals surface area contributed by atoms with Gasteiger partial charge in [-0.15, -0.1) is 0 Å². The number of aryl methyl sites for hydroxylation is 5.